The number of nitrogen functional groups attached to an aromatic ring is 4. The number of nitrogens with two attached hydrogens (primary N) is 4. The van der Waals surface area contributed by atoms with Gasteiger partial charge < -0.3 is 32.9 Å². The van der Waals surface area contributed by atoms with Crippen molar-refractivity contribution in [1.29, 1.82) is 0 Å². The van der Waals surface area contributed by atoms with Crippen molar-refractivity contribution in [3.8, 4) is 22.8 Å². The zero-order chi connectivity index (χ0) is 31.1. The van der Waals surface area contributed by atoms with Gasteiger partial charge in [0.25, 0.3) is 0 Å². The van der Waals surface area contributed by atoms with E-state index in [-0.39, 0.29) is 0 Å². The summed E-state index contributed by atoms with van der Waals surface area (Å²) in [6.07, 6.45) is 1.43. The van der Waals surface area contributed by atoms with Crippen LogP contribution in [0.15, 0.2) is 94.9 Å². The molecule has 0 aliphatic carbocycles. The van der Waals surface area contributed by atoms with Gasteiger partial charge in [0.05, 0.1) is 67.6 Å². The Bertz CT molecular complexity index is 2440. The predicted molar refractivity (Wildman–Crippen MR) is 187 cm³/mol. The van der Waals surface area contributed by atoms with Gasteiger partial charge in [0.15, 0.2) is 0 Å². The number of anilines is 4. The topological polar surface area (TPSA) is 186 Å². The number of aromatic nitrogens is 4. The summed E-state index contributed by atoms with van der Waals surface area (Å²) < 4.78 is 0. The van der Waals surface area contributed by atoms with Crippen molar-refractivity contribution in [3.05, 3.63) is 107 Å². The molecular formula is C36H28N10. The lowest BCUT2D eigenvalue weighted by Crippen LogP contribution is -2.01. The standard InChI is InChI=1S/C36H28N10/c37-23-9-21-10-27(41-29(21)13-24(23)38)17-3-1-5-19(7-17)35-43-31-12-22-11-28(42-30(22)16-34(31)46-35)18-4-2-6-20(8-18)36-44-32-14-25(39)26(40)15-33(32)45-36/h1-9,12-16H,10-11,37-40H2,(H,43,46)(H,44,45). The van der Waals surface area contributed by atoms with E-state index in [2.05, 4.69) is 52.4 Å². The molecule has 9 rings (SSSR count). The quantitative estimate of drug-likeness (QED) is 0.126. The summed E-state index contributed by atoms with van der Waals surface area (Å²) in [6.45, 7) is 0. The van der Waals surface area contributed by atoms with E-state index >= 15 is 0 Å². The third kappa shape index (κ3) is 4.19. The minimum absolute atomic E-state index is 0.520. The maximum atomic E-state index is 6.03. The maximum absolute atomic E-state index is 6.03. The average Bonchev–Trinajstić information content (AvgIpc) is 3.85. The SMILES string of the molecule is Nc1cc2c(cc1N)N=C(c1cccc(-c3nc4cc5c(cc4[nH]3)N=C(c3cccc(-c4nc6cc(N)c(N)cc6[nH]4)c3)C5)c1)C2. The molecule has 2 aliphatic rings. The molecular weight excluding hydrogens is 572 g/mol. The molecule has 0 unspecified atom stereocenters. The van der Waals surface area contributed by atoms with E-state index in [9.17, 15) is 0 Å². The Morgan fingerprint density at radius 2 is 0.957 bits per heavy atom. The number of benzene rings is 5. The molecule has 0 fully saturated rings. The zero-order valence-electron chi connectivity index (χ0n) is 24.6. The van der Waals surface area contributed by atoms with E-state index in [1.165, 1.54) is 0 Å². The summed E-state index contributed by atoms with van der Waals surface area (Å²) in [6, 6.07) is 28.1. The van der Waals surface area contributed by atoms with Gasteiger partial charge in [-0.05, 0) is 70.8 Å². The number of H-pyrrole nitrogens is 2. The molecule has 222 valence electrons. The lowest BCUT2D eigenvalue weighted by molar-refractivity contribution is 1.33. The van der Waals surface area contributed by atoms with Crippen LogP contribution in [0.4, 0.5) is 34.1 Å². The maximum Gasteiger partial charge on any atom is 0.138 e. The minimum Gasteiger partial charge on any atom is -0.397 e. The van der Waals surface area contributed by atoms with Gasteiger partial charge >= 0.3 is 0 Å². The summed E-state index contributed by atoms with van der Waals surface area (Å²) >= 11 is 0. The first-order valence-electron chi connectivity index (χ1n) is 15.0. The van der Waals surface area contributed by atoms with Crippen LogP contribution in [0, 0.1) is 0 Å². The van der Waals surface area contributed by atoms with Crippen molar-refractivity contribution in [2.24, 2.45) is 9.98 Å². The van der Waals surface area contributed by atoms with Crippen LogP contribution < -0.4 is 22.9 Å². The van der Waals surface area contributed by atoms with E-state index in [4.69, 9.17) is 42.9 Å². The third-order valence-electron chi connectivity index (χ3n) is 8.82. The van der Waals surface area contributed by atoms with Gasteiger partial charge in [-0.3, -0.25) is 9.98 Å². The lowest BCUT2D eigenvalue weighted by atomic mass is 10.0. The highest BCUT2D eigenvalue weighted by atomic mass is 14.9. The summed E-state index contributed by atoms with van der Waals surface area (Å²) in [5.74, 6) is 1.56. The summed E-state index contributed by atoms with van der Waals surface area (Å²) in [7, 11) is 0. The smallest absolute Gasteiger partial charge is 0.138 e. The summed E-state index contributed by atoms with van der Waals surface area (Å²) in [5, 5.41) is 0. The number of aliphatic imine (C=N–C) groups is 2. The van der Waals surface area contributed by atoms with Crippen LogP contribution in [-0.2, 0) is 12.8 Å². The molecule has 10 nitrogen and oxygen atoms in total. The fourth-order valence-corrected chi connectivity index (χ4v) is 6.37. The first kappa shape index (κ1) is 26.0. The first-order valence-corrected chi connectivity index (χ1v) is 15.0. The van der Waals surface area contributed by atoms with Crippen LogP contribution in [0.25, 0.3) is 44.8 Å². The Balaban J connectivity index is 0.998. The molecule has 0 amide bonds. The Hall–Kier alpha value is -6.42. The Morgan fingerprint density at radius 3 is 1.61 bits per heavy atom. The fourth-order valence-electron chi connectivity index (χ4n) is 6.37. The van der Waals surface area contributed by atoms with E-state index in [0.29, 0.717) is 29.2 Å². The second kappa shape index (κ2) is 9.54. The van der Waals surface area contributed by atoms with Crippen molar-refractivity contribution < 1.29 is 0 Å². The average molecular weight is 601 g/mol. The molecule has 0 atom stereocenters. The van der Waals surface area contributed by atoms with E-state index in [1.54, 1.807) is 6.07 Å². The molecule has 10 heteroatoms. The molecule has 4 heterocycles. The van der Waals surface area contributed by atoms with Gasteiger partial charge in [0.2, 0.25) is 0 Å². The highest BCUT2D eigenvalue weighted by Crippen LogP contribution is 2.36. The minimum atomic E-state index is 0.520. The number of hydrogen-bond donors (Lipinski definition) is 6. The van der Waals surface area contributed by atoms with Gasteiger partial charge in [-0.25, -0.2) is 9.97 Å². The molecule has 0 radical (unpaired) electrons. The third-order valence-corrected chi connectivity index (χ3v) is 8.82. The fraction of sp³-hybridized carbons (Fsp3) is 0.0556. The van der Waals surface area contributed by atoms with Gasteiger partial charge in [-0.1, -0.05) is 36.4 Å². The van der Waals surface area contributed by atoms with Crippen LogP contribution in [0.2, 0.25) is 0 Å². The molecule has 0 saturated heterocycles. The second-order valence-electron chi connectivity index (χ2n) is 11.9. The van der Waals surface area contributed by atoms with E-state index in [0.717, 1.165) is 96.3 Å². The molecule has 0 spiro atoms. The molecule has 46 heavy (non-hydrogen) atoms. The summed E-state index contributed by atoms with van der Waals surface area (Å²) in [5.41, 5.74) is 39.8. The Kier molecular flexibility index (Phi) is 5.40. The van der Waals surface area contributed by atoms with Gasteiger partial charge in [-0.15, -0.1) is 0 Å². The number of nitrogens with zero attached hydrogens (tertiary/aromatic N) is 4. The van der Waals surface area contributed by atoms with Crippen LogP contribution in [0.1, 0.15) is 22.3 Å². The molecule has 2 aliphatic heterocycles. The first-order chi connectivity index (χ1) is 22.3. The van der Waals surface area contributed by atoms with Crippen molar-refractivity contribution in [3.63, 3.8) is 0 Å². The van der Waals surface area contributed by atoms with Crippen molar-refractivity contribution in [2.75, 3.05) is 22.9 Å². The molecule has 0 bridgehead atoms. The van der Waals surface area contributed by atoms with Crippen molar-refractivity contribution in [2.45, 2.75) is 12.8 Å². The Morgan fingerprint density at radius 1 is 0.478 bits per heavy atom. The van der Waals surface area contributed by atoms with Gasteiger partial charge in [-0.2, -0.15) is 0 Å². The van der Waals surface area contributed by atoms with Crippen molar-refractivity contribution >= 4 is 67.6 Å². The molecule has 10 N–H and O–H groups in total. The lowest BCUT2D eigenvalue weighted by Gasteiger charge is -2.04. The monoisotopic (exact) mass is 600 g/mol. The number of aromatic amines is 2. The van der Waals surface area contributed by atoms with Gasteiger partial charge in [0.1, 0.15) is 11.6 Å². The molecule has 0 saturated carbocycles. The largest absolute Gasteiger partial charge is 0.397 e. The van der Waals surface area contributed by atoms with Crippen LogP contribution in [-0.4, -0.2) is 31.4 Å². The van der Waals surface area contributed by atoms with E-state index < -0.39 is 0 Å². The van der Waals surface area contributed by atoms with Crippen LogP contribution in [0.5, 0.6) is 0 Å². The molecule has 7 aromatic rings. The number of rotatable bonds is 4. The zero-order valence-corrected chi connectivity index (χ0v) is 24.6. The van der Waals surface area contributed by atoms with Crippen LogP contribution >= 0.6 is 0 Å². The van der Waals surface area contributed by atoms with Crippen molar-refractivity contribution in [1.82, 2.24) is 19.9 Å². The van der Waals surface area contributed by atoms with Gasteiger partial charge in [0, 0.05) is 24.0 Å². The highest BCUT2D eigenvalue weighted by molar-refractivity contribution is 6.09. The normalized spacial score (nSPS) is 13.7. The van der Waals surface area contributed by atoms with Crippen LogP contribution in [0.3, 0.4) is 0 Å². The molecule has 5 aromatic carbocycles. The molecule has 2 aromatic heterocycles. The predicted octanol–water partition coefficient (Wildman–Crippen LogP) is 6.46. The number of nitrogens with one attached hydrogen (secondary N) is 2. The highest BCUT2D eigenvalue weighted by Gasteiger charge is 2.21. The van der Waals surface area contributed by atoms with E-state index in [1.807, 2.05) is 36.4 Å². The second-order valence-corrected chi connectivity index (χ2v) is 11.9. The number of imidazole rings is 2. The number of hydrogen-bond acceptors (Lipinski definition) is 8. The Labute approximate surface area is 262 Å². The summed E-state index contributed by atoms with van der Waals surface area (Å²) in [4.78, 5) is 26.4. The number of fused-ring (bicyclic) bond motifs is 4.